The molecule has 1 aromatic rings. The van der Waals surface area contributed by atoms with Crippen LogP contribution in [0.3, 0.4) is 0 Å². The number of nitrogens with zero attached hydrogens (tertiary/aromatic N) is 3. The van der Waals surface area contributed by atoms with E-state index in [2.05, 4.69) is 20.6 Å². The van der Waals surface area contributed by atoms with Crippen molar-refractivity contribution in [3.05, 3.63) is 24.3 Å². The van der Waals surface area contributed by atoms with Crippen LogP contribution in [0.5, 0.6) is 0 Å². The van der Waals surface area contributed by atoms with Crippen LogP contribution in [0.1, 0.15) is 89.5 Å². The number of likely N-dealkylation sites (tertiary alicyclic amines) is 1. The van der Waals surface area contributed by atoms with Gasteiger partial charge in [-0.15, -0.1) is 0 Å². The lowest BCUT2D eigenvalue weighted by molar-refractivity contribution is -0.156. The number of esters is 1. The van der Waals surface area contributed by atoms with Crippen molar-refractivity contribution in [2.45, 2.75) is 97.2 Å². The first-order valence-corrected chi connectivity index (χ1v) is 14.5. The number of hydrogen-bond donors (Lipinski definition) is 2. The van der Waals surface area contributed by atoms with E-state index in [1.807, 2.05) is 20.8 Å². The standard InChI is InChI=1S/C29H43N5O5/c1-5-39-28(38)23-20-13-9-12-19(20)17-34(23)27(37)24(29(2,3)4)33-26(36)22(18-10-7-6-8-11-18)32-25(35)21-16-30-14-15-31-21/h14-16,18-20,22-24H,5-13,17H2,1-4H3,(H,32,35)(H,33,36)/t19?,20?,22-,23?,24+/m0/s1. The largest absolute Gasteiger partial charge is 0.464 e. The third kappa shape index (κ3) is 6.58. The second-order valence-electron chi connectivity index (χ2n) is 12.3. The van der Waals surface area contributed by atoms with E-state index in [-0.39, 0.29) is 47.8 Å². The molecule has 1 saturated heterocycles. The van der Waals surface area contributed by atoms with Gasteiger partial charge in [0, 0.05) is 18.9 Å². The van der Waals surface area contributed by atoms with Crippen LogP contribution in [0, 0.1) is 23.2 Å². The highest BCUT2D eigenvalue weighted by Gasteiger charge is 2.52. The summed E-state index contributed by atoms with van der Waals surface area (Å²) in [6.07, 6.45) is 11.9. The van der Waals surface area contributed by atoms with Crippen LogP contribution in [0.15, 0.2) is 18.6 Å². The molecule has 1 aromatic heterocycles. The Hall–Kier alpha value is -3.04. The summed E-state index contributed by atoms with van der Waals surface area (Å²) in [5.74, 6) is -1.19. The summed E-state index contributed by atoms with van der Waals surface area (Å²) in [7, 11) is 0. The van der Waals surface area contributed by atoms with Crippen molar-refractivity contribution in [3.8, 4) is 0 Å². The van der Waals surface area contributed by atoms with Crippen LogP contribution in [-0.2, 0) is 19.1 Å². The van der Waals surface area contributed by atoms with Crippen molar-refractivity contribution in [1.29, 1.82) is 0 Å². The van der Waals surface area contributed by atoms with Crippen LogP contribution >= 0.6 is 0 Å². The predicted octanol–water partition coefficient (Wildman–Crippen LogP) is 2.88. The average molecular weight is 542 g/mol. The first-order valence-electron chi connectivity index (χ1n) is 14.5. The molecule has 0 bridgehead atoms. The predicted molar refractivity (Wildman–Crippen MR) is 144 cm³/mol. The highest BCUT2D eigenvalue weighted by molar-refractivity contribution is 5.97. The molecule has 10 nitrogen and oxygen atoms in total. The summed E-state index contributed by atoms with van der Waals surface area (Å²) >= 11 is 0. The number of carbonyl (C=O) groups is 4. The topological polar surface area (TPSA) is 131 Å². The summed E-state index contributed by atoms with van der Waals surface area (Å²) in [4.78, 5) is 63.7. The summed E-state index contributed by atoms with van der Waals surface area (Å²) in [6, 6.07) is -2.31. The van der Waals surface area contributed by atoms with Gasteiger partial charge in [0.1, 0.15) is 23.8 Å². The molecule has 1 aliphatic heterocycles. The van der Waals surface area contributed by atoms with Gasteiger partial charge in [-0.1, -0.05) is 46.5 Å². The fraction of sp³-hybridized carbons (Fsp3) is 0.724. The highest BCUT2D eigenvalue weighted by atomic mass is 16.5. The van der Waals surface area contributed by atoms with E-state index >= 15 is 0 Å². The fourth-order valence-corrected chi connectivity index (χ4v) is 6.60. The van der Waals surface area contributed by atoms with Crippen molar-refractivity contribution in [2.24, 2.45) is 23.2 Å². The van der Waals surface area contributed by atoms with Crippen molar-refractivity contribution in [2.75, 3.05) is 13.2 Å². The first kappa shape index (κ1) is 29.0. The zero-order valence-electron chi connectivity index (χ0n) is 23.7. The number of rotatable bonds is 8. The summed E-state index contributed by atoms with van der Waals surface area (Å²) < 4.78 is 5.39. The van der Waals surface area contributed by atoms with Gasteiger partial charge in [0.05, 0.1) is 12.8 Å². The normalized spacial score (nSPS) is 24.9. The Morgan fingerprint density at radius 2 is 1.77 bits per heavy atom. The summed E-state index contributed by atoms with van der Waals surface area (Å²) in [5.41, 5.74) is -0.495. The number of carbonyl (C=O) groups excluding carboxylic acids is 4. The Morgan fingerprint density at radius 1 is 1.03 bits per heavy atom. The van der Waals surface area contributed by atoms with Crippen molar-refractivity contribution in [1.82, 2.24) is 25.5 Å². The van der Waals surface area contributed by atoms with E-state index < -0.39 is 29.4 Å². The van der Waals surface area contributed by atoms with Gasteiger partial charge < -0.3 is 20.3 Å². The first-order chi connectivity index (χ1) is 18.6. The number of ether oxygens (including phenoxy) is 1. The SMILES string of the molecule is CCOC(=O)C1C2CCCC2CN1C(=O)[C@@H](NC(=O)[C@@H](NC(=O)c1cnccn1)C1CCCCC1)C(C)(C)C. The van der Waals surface area contributed by atoms with Gasteiger partial charge in [0.15, 0.2) is 0 Å². The van der Waals surface area contributed by atoms with Gasteiger partial charge in [0.2, 0.25) is 11.8 Å². The number of aromatic nitrogens is 2. The molecule has 4 rings (SSSR count). The quantitative estimate of drug-likeness (QED) is 0.484. The molecule has 3 unspecified atom stereocenters. The molecule has 10 heteroatoms. The van der Waals surface area contributed by atoms with Gasteiger partial charge in [-0.3, -0.25) is 19.4 Å². The number of fused-ring (bicyclic) bond motifs is 1. The zero-order valence-corrected chi connectivity index (χ0v) is 23.7. The van der Waals surface area contributed by atoms with E-state index in [0.717, 1.165) is 51.4 Å². The second-order valence-corrected chi connectivity index (χ2v) is 12.3. The third-order valence-corrected chi connectivity index (χ3v) is 8.59. The molecule has 0 spiro atoms. The highest BCUT2D eigenvalue weighted by Crippen LogP contribution is 2.43. The van der Waals surface area contributed by atoms with Gasteiger partial charge in [0.25, 0.3) is 5.91 Å². The molecule has 214 valence electrons. The van der Waals surface area contributed by atoms with Crippen LogP contribution in [0.25, 0.3) is 0 Å². The molecule has 39 heavy (non-hydrogen) atoms. The van der Waals surface area contributed by atoms with E-state index in [0.29, 0.717) is 6.54 Å². The molecule has 5 atom stereocenters. The van der Waals surface area contributed by atoms with Crippen molar-refractivity contribution in [3.63, 3.8) is 0 Å². The molecular weight excluding hydrogens is 498 g/mol. The average Bonchev–Trinajstić information content (AvgIpc) is 3.52. The van der Waals surface area contributed by atoms with Gasteiger partial charge >= 0.3 is 5.97 Å². The van der Waals surface area contributed by atoms with E-state index in [9.17, 15) is 19.2 Å². The maximum absolute atomic E-state index is 14.1. The lowest BCUT2D eigenvalue weighted by Gasteiger charge is -2.38. The summed E-state index contributed by atoms with van der Waals surface area (Å²) in [6.45, 7) is 8.22. The lowest BCUT2D eigenvalue weighted by atomic mass is 9.82. The van der Waals surface area contributed by atoms with Gasteiger partial charge in [-0.05, 0) is 55.8 Å². The van der Waals surface area contributed by atoms with E-state index in [1.165, 1.54) is 18.6 Å². The number of nitrogens with one attached hydrogen (secondary N) is 2. The third-order valence-electron chi connectivity index (χ3n) is 8.59. The molecule has 2 saturated carbocycles. The molecule has 0 aromatic carbocycles. The van der Waals surface area contributed by atoms with Crippen molar-refractivity contribution >= 4 is 23.7 Å². The maximum atomic E-state index is 14.1. The minimum atomic E-state index is -0.875. The Balaban J connectivity index is 1.56. The molecule has 3 fully saturated rings. The lowest BCUT2D eigenvalue weighted by Crippen LogP contribution is -2.61. The molecule has 0 radical (unpaired) electrons. The number of amides is 3. The molecular formula is C29H43N5O5. The van der Waals surface area contributed by atoms with E-state index in [1.54, 1.807) is 11.8 Å². The molecule has 2 heterocycles. The Kier molecular flexibility index (Phi) is 9.23. The van der Waals surface area contributed by atoms with Crippen molar-refractivity contribution < 1.29 is 23.9 Å². The molecule has 2 N–H and O–H groups in total. The number of hydrogen-bond acceptors (Lipinski definition) is 7. The fourth-order valence-electron chi connectivity index (χ4n) is 6.60. The minimum Gasteiger partial charge on any atom is -0.464 e. The Labute approximate surface area is 231 Å². The minimum absolute atomic E-state index is 0.0477. The molecule has 3 amide bonds. The summed E-state index contributed by atoms with van der Waals surface area (Å²) in [5, 5.41) is 5.90. The Morgan fingerprint density at radius 3 is 2.41 bits per heavy atom. The second kappa shape index (κ2) is 12.4. The zero-order chi connectivity index (χ0) is 28.2. The van der Waals surface area contributed by atoms with Crippen LogP contribution in [0.4, 0.5) is 0 Å². The van der Waals surface area contributed by atoms with Crippen LogP contribution in [0.2, 0.25) is 0 Å². The smallest absolute Gasteiger partial charge is 0.329 e. The van der Waals surface area contributed by atoms with Gasteiger partial charge in [-0.2, -0.15) is 0 Å². The van der Waals surface area contributed by atoms with Gasteiger partial charge in [-0.25, -0.2) is 9.78 Å². The van der Waals surface area contributed by atoms with Crippen LogP contribution in [-0.4, -0.2) is 69.8 Å². The molecule has 3 aliphatic rings. The Bertz CT molecular complexity index is 1040. The monoisotopic (exact) mass is 541 g/mol. The van der Waals surface area contributed by atoms with Crippen LogP contribution < -0.4 is 10.6 Å². The molecule has 2 aliphatic carbocycles. The van der Waals surface area contributed by atoms with E-state index in [4.69, 9.17) is 4.74 Å². The maximum Gasteiger partial charge on any atom is 0.329 e.